The van der Waals surface area contributed by atoms with E-state index in [-0.39, 0.29) is 0 Å². The third-order valence-electron chi connectivity index (χ3n) is 2.45. The van der Waals surface area contributed by atoms with Gasteiger partial charge in [-0.2, -0.15) is 5.10 Å². The van der Waals surface area contributed by atoms with E-state index in [4.69, 9.17) is 4.74 Å². The highest BCUT2D eigenvalue weighted by molar-refractivity contribution is 7.13. The van der Waals surface area contributed by atoms with Crippen molar-refractivity contribution in [3.05, 3.63) is 41.4 Å². The normalized spacial score (nSPS) is 10.8. The standard InChI is InChI=1S/C14H17N3OS/c1-2-3-9-18-13-6-4-12(5-7-13)11-16-17-14-15-8-10-19-14/h4-8,10-11H,2-3,9H2,1H3,(H,15,17). The van der Waals surface area contributed by atoms with Gasteiger partial charge in [0.05, 0.1) is 12.8 Å². The van der Waals surface area contributed by atoms with Crippen LogP contribution in [0.4, 0.5) is 5.13 Å². The van der Waals surface area contributed by atoms with Crippen LogP contribution in [0.15, 0.2) is 40.9 Å². The van der Waals surface area contributed by atoms with Crippen LogP contribution in [-0.4, -0.2) is 17.8 Å². The number of hydrogen-bond acceptors (Lipinski definition) is 5. The molecule has 2 aromatic rings. The topological polar surface area (TPSA) is 46.5 Å². The molecule has 0 radical (unpaired) electrons. The Morgan fingerprint density at radius 2 is 2.21 bits per heavy atom. The van der Waals surface area contributed by atoms with Crippen LogP contribution in [0, 0.1) is 0 Å². The lowest BCUT2D eigenvalue weighted by Gasteiger charge is -2.04. The van der Waals surface area contributed by atoms with E-state index in [1.807, 2.05) is 29.6 Å². The molecule has 1 N–H and O–H groups in total. The van der Waals surface area contributed by atoms with E-state index in [1.165, 1.54) is 11.3 Å². The summed E-state index contributed by atoms with van der Waals surface area (Å²) in [6.45, 7) is 2.92. The molecule has 0 amide bonds. The van der Waals surface area contributed by atoms with Gasteiger partial charge in [-0.1, -0.05) is 13.3 Å². The number of unbranched alkanes of at least 4 members (excludes halogenated alkanes) is 1. The van der Waals surface area contributed by atoms with Gasteiger partial charge in [0.15, 0.2) is 0 Å². The summed E-state index contributed by atoms with van der Waals surface area (Å²) >= 11 is 1.52. The molecule has 0 aliphatic rings. The summed E-state index contributed by atoms with van der Waals surface area (Å²) in [5, 5.41) is 6.81. The number of nitrogens with one attached hydrogen (secondary N) is 1. The Balaban J connectivity index is 1.82. The summed E-state index contributed by atoms with van der Waals surface area (Å²) in [6, 6.07) is 7.88. The summed E-state index contributed by atoms with van der Waals surface area (Å²) in [6.07, 6.45) is 5.73. The summed E-state index contributed by atoms with van der Waals surface area (Å²) in [5.41, 5.74) is 3.90. The predicted octanol–water partition coefficient (Wildman–Crippen LogP) is 3.77. The molecule has 0 unspecified atom stereocenters. The first-order chi connectivity index (χ1) is 9.38. The molecule has 0 atom stereocenters. The van der Waals surface area contributed by atoms with Crippen molar-refractivity contribution in [3.8, 4) is 5.75 Å². The van der Waals surface area contributed by atoms with Gasteiger partial charge < -0.3 is 4.74 Å². The van der Waals surface area contributed by atoms with Crippen LogP contribution in [0.2, 0.25) is 0 Å². The highest BCUT2D eigenvalue weighted by atomic mass is 32.1. The Morgan fingerprint density at radius 3 is 2.89 bits per heavy atom. The Labute approximate surface area is 117 Å². The fourth-order valence-electron chi connectivity index (χ4n) is 1.43. The molecule has 19 heavy (non-hydrogen) atoms. The maximum absolute atomic E-state index is 5.60. The maximum atomic E-state index is 5.60. The first-order valence-corrected chi connectivity index (χ1v) is 7.18. The average molecular weight is 275 g/mol. The van der Waals surface area contributed by atoms with Crippen molar-refractivity contribution in [1.82, 2.24) is 4.98 Å². The molecule has 0 bridgehead atoms. The summed E-state index contributed by atoms with van der Waals surface area (Å²) in [4.78, 5) is 4.08. The summed E-state index contributed by atoms with van der Waals surface area (Å²) in [5.74, 6) is 0.901. The van der Waals surface area contributed by atoms with Gasteiger partial charge in [0.25, 0.3) is 0 Å². The molecule has 0 fully saturated rings. The van der Waals surface area contributed by atoms with Gasteiger partial charge in [-0.15, -0.1) is 11.3 Å². The summed E-state index contributed by atoms with van der Waals surface area (Å²) < 4.78 is 5.60. The summed E-state index contributed by atoms with van der Waals surface area (Å²) in [7, 11) is 0. The third-order valence-corrected chi connectivity index (χ3v) is 3.13. The van der Waals surface area contributed by atoms with Gasteiger partial charge >= 0.3 is 0 Å². The van der Waals surface area contributed by atoms with Crippen LogP contribution < -0.4 is 10.2 Å². The number of ether oxygens (including phenoxy) is 1. The Hall–Kier alpha value is -1.88. The smallest absolute Gasteiger partial charge is 0.203 e. The zero-order valence-electron chi connectivity index (χ0n) is 10.9. The third kappa shape index (κ3) is 4.71. The van der Waals surface area contributed by atoms with Gasteiger partial charge in [0.2, 0.25) is 5.13 Å². The number of benzene rings is 1. The molecule has 100 valence electrons. The number of anilines is 1. The van der Waals surface area contributed by atoms with Gasteiger partial charge in [-0.25, -0.2) is 4.98 Å². The molecule has 4 nitrogen and oxygen atoms in total. The monoisotopic (exact) mass is 275 g/mol. The van der Waals surface area contributed by atoms with E-state index in [0.717, 1.165) is 35.9 Å². The van der Waals surface area contributed by atoms with Crippen LogP contribution in [0.3, 0.4) is 0 Å². The molecule has 1 aromatic carbocycles. The fourth-order valence-corrected chi connectivity index (χ4v) is 1.90. The SMILES string of the molecule is CCCCOc1ccc(C=NNc2nccs2)cc1. The lowest BCUT2D eigenvalue weighted by atomic mass is 10.2. The number of rotatable bonds is 7. The van der Waals surface area contributed by atoms with E-state index in [9.17, 15) is 0 Å². The first kappa shape index (κ1) is 13.5. The molecule has 2 rings (SSSR count). The van der Waals surface area contributed by atoms with Gasteiger partial charge in [0.1, 0.15) is 5.75 Å². The Kier molecular flexibility index (Phi) is 5.37. The van der Waals surface area contributed by atoms with Crippen LogP contribution in [0.1, 0.15) is 25.3 Å². The van der Waals surface area contributed by atoms with Crippen molar-refractivity contribution in [1.29, 1.82) is 0 Å². The number of hydrogen-bond donors (Lipinski definition) is 1. The first-order valence-electron chi connectivity index (χ1n) is 6.30. The van der Waals surface area contributed by atoms with Crippen molar-refractivity contribution < 1.29 is 4.74 Å². The van der Waals surface area contributed by atoms with Gasteiger partial charge in [-0.05, 0) is 36.2 Å². The zero-order chi connectivity index (χ0) is 13.3. The number of nitrogens with zero attached hydrogens (tertiary/aromatic N) is 2. The molecule has 1 aromatic heterocycles. The second kappa shape index (κ2) is 7.53. The minimum atomic E-state index is 0.773. The molecule has 0 aliphatic heterocycles. The van der Waals surface area contributed by atoms with Crippen LogP contribution in [0.25, 0.3) is 0 Å². The molecule has 1 heterocycles. The van der Waals surface area contributed by atoms with Gasteiger partial charge in [-0.3, -0.25) is 5.43 Å². The maximum Gasteiger partial charge on any atom is 0.203 e. The average Bonchev–Trinajstić information content (AvgIpc) is 2.94. The quantitative estimate of drug-likeness (QED) is 0.475. The zero-order valence-corrected chi connectivity index (χ0v) is 11.7. The molecular formula is C14H17N3OS. The van der Waals surface area contributed by atoms with Crippen molar-refractivity contribution in [2.75, 3.05) is 12.0 Å². The van der Waals surface area contributed by atoms with Crippen molar-refractivity contribution in [2.24, 2.45) is 5.10 Å². The number of aromatic nitrogens is 1. The highest BCUT2D eigenvalue weighted by Gasteiger charge is 1.94. The lowest BCUT2D eigenvalue weighted by molar-refractivity contribution is 0.309. The van der Waals surface area contributed by atoms with Crippen molar-refractivity contribution in [3.63, 3.8) is 0 Å². The second-order valence-electron chi connectivity index (χ2n) is 3.98. The van der Waals surface area contributed by atoms with Crippen molar-refractivity contribution >= 4 is 22.7 Å². The van der Waals surface area contributed by atoms with Crippen molar-refractivity contribution in [2.45, 2.75) is 19.8 Å². The lowest BCUT2D eigenvalue weighted by Crippen LogP contribution is -1.96. The largest absolute Gasteiger partial charge is 0.494 e. The number of thiazole rings is 1. The molecule has 0 spiro atoms. The minimum absolute atomic E-state index is 0.773. The second-order valence-corrected chi connectivity index (χ2v) is 4.87. The number of hydrazone groups is 1. The Morgan fingerprint density at radius 1 is 1.37 bits per heavy atom. The van der Waals surface area contributed by atoms with Crippen LogP contribution in [-0.2, 0) is 0 Å². The Bertz CT molecular complexity index is 494. The fraction of sp³-hybridized carbons (Fsp3) is 0.286. The van der Waals surface area contributed by atoms with Crippen LogP contribution in [0.5, 0.6) is 5.75 Å². The van der Waals surface area contributed by atoms with E-state index in [1.54, 1.807) is 12.4 Å². The van der Waals surface area contributed by atoms with E-state index in [2.05, 4.69) is 22.4 Å². The van der Waals surface area contributed by atoms with E-state index < -0.39 is 0 Å². The highest BCUT2D eigenvalue weighted by Crippen LogP contribution is 2.12. The molecular weight excluding hydrogens is 258 g/mol. The van der Waals surface area contributed by atoms with Gasteiger partial charge in [0, 0.05) is 11.6 Å². The van der Waals surface area contributed by atoms with Crippen LogP contribution >= 0.6 is 11.3 Å². The van der Waals surface area contributed by atoms with E-state index in [0.29, 0.717) is 0 Å². The predicted molar refractivity (Wildman–Crippen MR) is 80.2 cm³/mol. The minimum Gasteiger partial charge on any atom is -0.494 e. The molecule has 5 heteroatoms. The van der Waals surface area contributed by atoms with E-state index >= 15 is 0 Å². The molecule has 0 saturated heterocycles. The molecule has 0 aliphatic carbocycles. The molecule has 0 saturated carbocycles.